The molecule has 11 rings (SSSR count). The molecule has 0 bridgehead atoms. The van der Waals surface area contributed by atoms with Crippen LogP contribution in [0, 0.1) is 0 Å². The van der Waals surface area contributed by atoms with Gasteiger partial charge in [-0.15, -0.1) is 11.3 Å². The van der Waals surface area contributed by atoms with Crippen molar-refractivity contribution >= 4 is 81.3 Å². The number of fused-ring (bicyclic) bond motifs is 7. The Hall–Kier alpha value is -6.94. The summed E-state index contributed by atoms with van der Waals surface area (Å²) in [6.45, 7) is 0. The quantitative estimate of drug-likeness (QED) is 0.170. The van der Waals surface area contributed by atoms with Crippen molar-refractivity contribution in [2.24, 2.45) is 0 Å². The lowest BCUT2D eigenvalue weighted by molar-refractivity contribution is 0.669. The molecule has 0 radical (unpaired) electrons. The Balaban J connectivity index is 1.10. The van der Waals surface area contributed by atoms with Crippen molar-refractivity contribution in [1.29, 1.82) is 0 Å². The van der Waals surface area contributed by atoms with Gasteiger partial charge in [0.05, 0.1) is 5.69 Å². The van der Waals surface area contributed by atoms with E-state index in [1.54, 1.807) is 0 Å². The van der Waals surface area contributed by atoms with E-state index in [1.165, 1.54) is 53.2 Å². The molecule has 3 heteroatoms. The van der Waals surface area contributed by atoms with Gasteiger partial charge in [0.2, 0.25) is 0 Å². The van der Waals surface area contributed by atoms with Crippen LogP contribution in [-0.2, 0) is 0 Å². The highest BCUT2D eigenvalue weighted by Gasteiger charge is 2.20. The Kier molecular flexibility index (Phi) is 7.39. The average Bonchev–Trinajstić information content (AvgIpc) is 3.82. The summed E-state index contributed by atoms with van der Waals surface area (Å²) in [5, 5.41) is 7.34. The Bertz CT molecular complexity index is 3210. The summed E-state index contributed by atoms with van der Waals surface area (Å²) in [4.78, 5) is 2.43. The van der Waals surface area contributed by atoms with Crippen LogP contribution in [0.15, 0.2) is 205 Å². The average molecular weight is 720 g/mol. The number of benzene rings is 9. The molecule has 0 N–H and O–H groups in total. The topological polar surface area (TPSA) is 16.4 Å². The summed E-state index contributed by atoms with van der Waals surface area (Å²) in [7, 11) is 0. The number of furan rings is 1. The number of hydrogen-bond donors (Lipinski definition) is 0. The standard InChI is InChI=1S/C52H33NOS/c1-2-11-36(12-3-1)43-27-22-39(38-19-18-34-10-4-5-13-37(34)30-38)31-48(43)53(42-26-29-47-46-15-7-9-17-51(46)55-52(47)33-42)41-24-20-35(21-25-41)40-23-28-45-44-14-6-8-16-49(44)54-50(45)32-40/h1-33H. The van der Waals surface area contributed by atoms with Crippen molar-refractivity contribution in [3.63, 3.8) is 0 Å². The Morgan fingerprint density at radius 3 is 1.85 bits per heavy atom. The van der Waals surface area contributed by atoms with Crippen LogP contribution in [0.3, 0.4) is 0 Å². The SMILES string of the molecule is c1ccc(-c2ccc(-c3ccc4ccccc4c3)cc2N(c2ccc(-c3ccc4c(c3)oc3ccccc34)cc2)c2ccc3c(c2)sc2ccccc23)cc1. The van der Waals surface area contributed by atoms with E-state index < -0.39 is 0 Å². The third kappa shape index (κ3) is 5.48. The molecular weight excluding hydrogens is 687 g/mol. The first-order valence-electron chi connectivity index (χ1n) is 18.7. The molecule has 0 aliphatic rings. The molecule has 258 valence electrons. The van der Waals surface area contributed by atoms with Gasteiger partial charge in [-0.3, -0.25) is 0 Å². The first kappa shape index (κ1) is 31.6. The molecule has 0 aliphatic heterocycles. The Morgan fingerprint density at radius 1 is 0.345 bits per heavy atom. The predicted molar refractivity (Wildman–Crippen MR) is 235 cm³/mol. The highest BCUT2D eigenvalue weighted by Crippen LogP contribution is 2.46. The van der Waals surface area contributed by atoms with E-state index in [0.29, 0.717) is 0 Å². The molecule has 0 aliphatic carbocycles. The molecule has 9 aromatic carbocycles. The van der Waals surface area contributed by atoms with Crippen LogP contribution in [0.2, 0.25) is 0 Å². The van der Waals surface area contributed by atoms with E-state index >= 15 is 0 Å². The second-order valence-corrected chi connectivity index (χ2v) is 15.2. The first-order chi connectivity index (χ1) is 27.2. The van der Waals surface area contributed by atoms with E-state index in [4.69, 9.17) is 4.42 Å². The lowest BCUT2D eigenvalue weighted by Gasteiger charge is -2.29. The third-order valence-corrected chi connectivity index (χ3v) is 12.0. The number of thiophene rings is 1. The predicted octanol–water partition coefficient (Wildman–Crippen LogP) is 15.6. The summed E-state index contributed by atoms with van der Waals surface area (Å²) in [5.74, 6) is 0. The normalized spacial score (nSPS) is 11.6. The van der Waals surface area contributed by atoms with Crippen LogP contribution >= 0.6 is 11.3 Å². The van der Waals surface area contributed by atoms with Gasteiger partial charge in [-0.2, -0.15) is 0 Å². The second-order valence-electron chi connectivity index (χ2n) is 14.1. The van der Waals surface area contributed by atoms with Gasteiger partial charge in [0.15, 0.2) is 0 Å². The van der Waals surface area contributed by atoms with Gasteiger partial charge in [0.25, 0.3) is 0 Å². The molecule has 0 amide bonds. The number of rotatable bonds is 6. The number of para-hydroxylation sites is 1. The van der Waals surface area contributed by atoms with Gasteiger partial charge in [-0.05, 0) is 99.3 Å². The van der Waals surface area contributed by atoms with Crippen LogP contribution in [0.25, 0.3) is 86.3 Å². The largest absolute Gasteiger partial charge is 0.456 e. The molecule has 0 unspecified atom stereocenters. The minimum Gasteiger partial charge on any atom is -0.456 e. The van der Waals surface area contributed by atoms with Crippen LogP contribution in [0.1, 0.15) is 0 Å². The maximum atomic E-state index is 6.27. The molecular formula is C52H33NOS. The zero-order chi connectivity index (χ0) is 36.3. The molecule has 0 fully saturated rings. The van der Waals surface area contributed by atoms with Crippen LogP contribution in [0.4, 0.5) is 17.1 Å². The van der Waals surface area contributed by atoms with E-state index in [-0.39, 0.29) is 0 Å². The summed E-state index contributed by atoms with van der Waals surface area (Å²) in [6, 6.07) is 72.4. The fraction of sp³-hybridized carbons (Fsp3) is 0. The van der Waals surface area contributed by atoms with Gasteiger partial charge in [-0.25, -0.2) is 0 Å². The molecule has 11 aromatic rings. The molecule has 0 atom stereocenters. The van der Waals surface area contributed by atoms with E-state index in [2.05, 4.69) is 193 Å². The van der Waals surface area contributed by atoms with Gasteiger partial charge in [-0.1, -0.05) is 140 Å². The molecule has 0 saturated carbocycles. The molecule has 2 heterocycles. The Labute approximate surface area is 322 Å². The summed E-state index contributed by atoms with van der Waals surface area (Å²) < 4.78 is 8.84. The smallest absolute Gasteiger partial charge is 0.136 e. The zero-order valence-electron chi connectivity index (χ0n) is 29.8. The monoisotopic (exact) mass is 719 g/mol. The minimum atomic E-state index is 0.902. The van der Waals surface area contributed by atoms with Gasteiger partial charge < -0.3 is 9.32 Å². The van der Waals surface area contributed by atoms with Crippen molar-refractivity contribution in [3.05, 3.63) is 200 Å². The van der Waals surface area contributed by atoms with Gasteiger partial charge in [0.1, 0.15) is 11.2 Å². The maximum Gasteiger partial charge on any atom is 0.136 e. The number of nitrogens with zero attached hydrogens (tertiary/aromatic N) is 1. The van der Waals surface area contributed by atoms with E-state index in [1.807, 2.05) is 23.5 Å². The Morgan fingerprint density at radius 2 is 0.964 bits per heavy atom. The first-order valence-corrected chi connectivity index (χ1v) is 19.5. The zero-order valence-corrected chi connectivity index (χ0v) is 30.6. The number of anilines is 3. The fourth-order valence-corrected chi connectivity index (χ4v) is 9.26. The lowest BCUT2D eigenvalue weighted by atomic mass is 9.95. The van der Waals surface area contributed by atoms with Crippen molar-refractivity contribution in [2.75, 3.05) is 4.90 Å². The molecule has 0 spiro atoms. The fourth-order valence-electron chi connectivity index (χ4n) is 8.12. The minimum absolute atomic E-state index is 0.902. The molecule has 2 nitrogen and oxygen atoms in total. The van der Waals surface area contributed by atoms with Crippen LogP contribution in [0.5, 0.6) is 0 Å². The second kappa shape index (κ2) is 12.9. The number of hydrogen-bond acceptors (Lipinski definition) is 3. The van der Waals surface area contributed by atoms with Crippen molar-refractivity contribution < 1.29 is 4.42 Å². The lowest BCUT2D eigenvalue weighted by Crippen LogP contribution is -2.11. The van der Waals surface area contributed by atoms with Gasteiger partial charge in [0, 0.05) is 47.9 Å². The third-order valence-electron chi connectivity index (χ3n) is 10.9. The summed E-state index contributed by atoms with van der Waals surface area (Å²) in [6.07, 6.45) is 0. The van der Waals surface area contributed by atoms with Gasteiger partial charge >= 0.3 is 0 Å². The van der Waals surface area contributed by atoms with Crippen molar-refractivity contribution in [3.8, 4) is 33.4 Å². The van der Waals surface area contributed by atoms with Crippen LogP contribution in [-0.4, -0.2) is 0 Å². The highest BCUT2D eigenvalue weighted by atomic mass is 32.1. The van der Waals surface area contributed by atoms with E-state index in [0.717, 1.165) is 50.1 Å². The van der Waals surface area contributed by atoms with Crippen molar-refractivity contribution in [2.45, 2.75) is 0 Å². The van der Waals surface area contributed by atoms with Crippen molar-refractivity contribution in [1.82, 2.24) is 0 Å². The maximum absolute atomic E-state index is 6.27. The van der Waals surface area contributed by atoms with Crippen LogP contribution < -0.4 is 4.90 Å². The highest BCUT2D eigenvalue weighted by molar-refractivity contribution is 7.25. The molecule has 2 aromatic heterocycles. The summed E-state index contributed by atoms with van der Waals surface area (Å²) in [5.41, 5.74) is 12.1. The molecule has 55 heavy (non-hydrogen) atoms. The summed E-state index contributed by atoms with van der Waals surface area (Å²) >= 11 is 1.85. The van der Waals surface area contributed by atoms with E-state index in [9.17, 15) is 0 Å². The molecule has 0 saturated heterocycles.